The van der Waals surface area contributed by atoms with Crippen molar-refractivity contribution in [3.05, 3.63) is 66.4 Å². The van der Waals surface area contributed by atoms with Crippen LogP contribution in [0.3, 0.4) is 0 Å². The van der Waals surface area contributed by atoms with Gasteiger partial charge < -0.3 is 20.3 Å². The fourth-order valence-electron chi connectivity index (χ4n) is 4.29. The molecular formula is C28H31N5O4S. The molecule has 0 radical (unpaired) electrons. The highest BCUT2D eigenvalue weighted by Gasteiger charge is 2.20. The van der Waals surface area contributed by atoms with Gasteiger partial charge in [-0.2, -0.15) is 0 Å². The Bertz CT molecular complexity index is 1490. The molecule has 10 heteroatoms. The molecule has 198 valence electrons. The number of hydrogen-bond acceptors (Lipinski definition) is 9. The van der Waals surface area contributed by atoms with E-state index in [4.69, 9.17) is 15.0 Å². The lowest BCUT2D eigenvalue weighted by Crippen LogP contribution is -2.34. The first-order valence-corrected chi connectivity index (χ1v) is 14.2. The summed E-state index contributed by atoms with van der Waals surface area (Å²) >= 11 is 0. The number of rotatable bonds is 8. The van der Waals surface area contributed by atoms with Crippen LogP contribution in [-0.4, -0.2) is 48.0 Å². The highest BCUT2D eigenvalue weighted by atomic mass is 32.2. The zero-order valence-electron chi connectivity index (χ0n) is 21.4. The van der Waals surface area contributed by atoms with Gasteiger partial charge in [0.2, 0.25) is 0 Å². The lowest BCUT2D eigenvalue weighted by Gasteiger charge is -2.23. The molecule has 2 aromatic heterocycles. The summed E-state index contributed by atoms with van der Waals surface area (Å²) in [5.41, 5.74) is 10.5. The molecular weight excluding hydrogens is 502 g/mol. The van der Waals surface area contributed by atoms with E-state index < -0.39 is 15.1 Å². The van der Waals surface area contributed by atoms with E-state index >= 15 is 0 Å². The Morgan fingerprint density at radius 2 is 1.66 bits per heavy atom. The molecule has 0 aliphatic carbocycles. The van der Waals surface area contributed by atoms with E-state index in [1.165, 1.54) is 5.56 Å². The Kier molecular flexibility index (Phi) is 7.55. The van der Waals surface area contributed by atoms with Gasteiger partial charge in [0.15, 0.2) is 27.1 Å². The van der Waals surface area contributed by atoms with Gasteiger partial charge >= 0.3 is 0 Å². The summed E-state index contributed by atoms with van der Waals surface area (Å²) < 4.78 is 35.9. The van der Waals surface area contributed by atoms with E-state index in [1.807, 2.05) is 12.1 Å². The van der Waals surface area contributed by atoms with E-state index in [-0.39, 0.29) is 10.7 Å². The second-order valence-corrected chi connectivity index (χ2v) is 12.2. The number of ether oxygens (including phenoxy) is 1. The van der Waals surface area contributed by atoms with Crippen LogP contribution in [0, 0.1) is 0 Å². The second kappa shape index (κ2) is 11.0. The third-order valence-corrected chi connectivity index (χ3v) is 8.88. The van der Waals surface area contributed by atoms with E-state index in [1.54, 1.807) is 50.4 Å². The van der Waals surface area contributed by atoms with Crippen molar-refractivity contribution in [1.82, 2.24) is 20.4 Å². The summed E-state index contributed by atoms with van der Waals surface area (Å²) in [5, 5.41) is 7.31. The van der Waals surface area contributed by atoms with E-state index in [0.717, 1.165) is 38.2 Å². The van der Waals surface area contributed by atoms with E-state index in [9.17, 15) is 8.42 Å². The van der Waals surface area contributed by atoms with Crippen LogP contribution >= 0.6 is 0 Å². The quantitative estimate of drug-likeness (QED) is 0.336. The van der Waals surface area contributed by atoms with Gasteiger partial charge in [0, 0.05) is 43.0 Å². The summed E-state index contributed by atoms with van der Waals surface area (Å²) in [5.74, 6) is 0.612. The fraction of sp³-hybridized carbons (Fsp3) is 0.321. The van der Waals surface area contributed by atoms with Crippen molar-refractivity contribution in [3.8, 4) is 34.0 Å². The largest absolute Gasteiger partial charge is 0.382 e. The van der Waals surface area contributed by atoms with Crippen molar-refractivity contribution in [2.24, 2.45) is 0 Å². The van der Waals surface area contributed by atoms with Crippen molar-refractivity contribution in [1.29, 1.82) is 0 Å². The summed E-state index contributed by atoms with van der Waals surface area (Å²) in [6.07, 6.45) is 3.63. The molecule has 0 bridgehead atoms. The van der Waals surface area contributed by atoms with E-state index in [0.29, 0.717) is 34.4 Å². The number of sulfone groups is 1. The van der Waals surface area contributed by atoms with Crippen LogP contribution < -0.4 is 11.1 Å². The molecule has 0 spiro atoms. The predicted octanol–water partition coefficient (Wildman–Crippen LogP) is 4.50. The molecule has 38 heavy (non-hydrogen) atoms. The van der Waals surface area contributed by atoms with Crippen LogP contribution in [0.2, 0.25) is 0 Å². The summed E-state index contributed by atoms with van der Waals surface area (Å²) in [6, 6.07) is 17.1. The van der Waals surface area contributed by atoms with Gasteiger partial charge in [0.25, 0.3) is 0 Å². The first kappa shape index (κ1) is 26.0. The molecule has 3 N–H and O–H groups in total. The van der Waals surface area contributed by atoms with Crippen molar-refractivity contribution in [3.63, 3.8) is 0 Å². The Hall–Kier alpha value is -3.60. The molecule has 5 rings (SSSR count). The molecule has 9 nitrogen and oxygen atoms in total. The molecule has 0 atom stereocenters. The van der Waals surface area contributed by atoms with Gasteiger partial charge in [-0.3, -0.25) is 0 Å². The molecule has 0 amide bonds. The van der Waals surface area contributed by atoms with Crippen molar-refractivity contribution >= 4 is 15.7 Å². The van der Waals surface area contributed by atoms with Gasteiger partial charge in [0.1, 0.15) is 5.69 Å². The number of benzene rings is 2. The highest BCUT2D eigenvalue weighted by molar-refractivity contribution is 7.92. The minimum Gasteiger partial charge on any atom is -0.382 e. The number of nitrogen functional groups attached to an aromatic ring is 1. The topological polar surface area (TPSA) is 133 Å². The molecule has 2 aromatic carbocycles. The maximum atomic E-state index is 12.4. The molecule has 3 heterocycles. The minimum absolute atomic E-state index is 0.213. The SMILES string of the molecule is CC(C)S(=O)(=O)c1ccc(-c2cnc(N)c(-c3cc(-c4ccc(CNC5CCOCC5)cc4)no3)n2)cc1. The zero-order chi connectivity index (χ0) is 26.7. The minimum atomic E-state index is -3.36. The van der Waals surface area contributed by atoms with Crippen LogP contribution in [0.15, 0.2) is 70.2 Å². The standard InChI is InChI=1S/C28H31N5O4S/c1-18(2)38(34,35)23-9-7-21(8-10-23)25-17-31-28(29)27(32-25)26-15-24(33-37-26)20-5-3-19(4-6-20)16-30-22-11-13-36-14-12-22/h3-10,15,17-18,22,30H,11-14,16H2,1-2H3,(H2,29,31). The van der Waals surface area contributed by atoms with Crippen LogP contribution in [0.4, 0.5) is 5.82 Å². The zero-order valence-corrected chi connectivity index (χ0v) is 22.2. The Labute approximate surface area is 222 Å². The van der Waals surface area contributed by atoms with Crippen molar-refractivity contribution in [2.75, 3.05) is 18.9 Å². The summed E-state index contributed by atoms with van der Waals surface area (Å²) in [6.45, 7) is 5.76. The number of anilines is 1. The third kappa shape index (κ3) is 5.62. The normalized spacial score (nSPS) is 14.7. The van der Waals surface area contributed by atoms with Crippen molar-refractivity contribution < 1.29 is 17.7 Å². The monoisotopic (exact) mass is 533 g/mol. The predicted molar refractivity (Wildman–Crippen MR) is 146 cm³/mol. The van der Waals surface area contributed by atoms with Crippen LogP contribution in [-0.2, 0) is 21.1 Å². The Balaban J connectivity index is 1.32. The van der Waals surface area contributed by atoms with Gasteiger partial charge in [-0.1, -0.05) is 41.6 Å². The summed E-state index contributed by atoms with van der Waals surface area (Å²) in [7, 11) is -3.36. The number of nitrogens with two attached hydrogens (primary N) is 1. The summed E-state index contributed by atoms with van der Waals surface area (Å²) in [4.78, 5) is 9.19. The molecule has 1 saturated heterocycles. The molecule has 4 aromatic rings. The van der Waals surface area contributed by atoms with Crippen LogP contribution in [0.1, 0.15) is 32.3 Å². The number of nitrogens with one attached hydrogen (secondary N) is 1. The van der Waals surface area contributed by atoms with Crippen LogP contribution in [0.5, 0.6) is 0 Å². The van der Waals surface area contributed by atoms with Crippen LogP contribution in [0.25, 0.3) is 34.0 Å². The number of nitrogens with zero attached hydrogens (tertiary/aromatic N) is 3. The first-order valence-electron chi connectivity index (χ1n) is 12.7. The maximum absolute atomic E-state index is 12.4. The third-order valence-electron chi connectivity index (χ3n) is 6.71. The molecule has 1 aliphatic rings. The Morgan fingerprint density at radius 1 is 1.00 bits per heavy atom. The average Bonchev–Trinajstić information content (AvgIpc) is 3.43. The molecule has 1 fully saturated rings. The number of aromatic nitrogens is 3. The number of hydrogen-bond donors (Lipinski definition) is 2. The van der Waals surface area contributed by atoms with E-state index in [2.05, 4.69) is 32.6 Å². The average molecular weight is 534 g/mol. The fourth-order valence-corrected chi connectivity index (χ4v) is 5.35. The van der Waals surface area contributed by atoms with Gasteiger partial charge in [-0.15, -0.1) is 0 Å². The maximum Gasteiger partial charge on any atom is 0.189 e. The highest BCUT2D eigenvalue weighted by Crippen LogP contribution is 2.30. The molecule has 1 aliphatic heterocycles. The second-order valence-electron chi connectivity index (χ2n) is 9.65. The van der Waals surface area contributed by atoms with Crippen molar-refractivity contribution in [2.45, 2.75) is 49.4 Å². The van der Waals surface area contributed by atoms with Gasteiger partial charge in [0.05, 0.1) is 22.0 Å². The molecule has 0 unspecified atom stereocenters. The lowest BCUT2D eigenvalue weighted by molar-refractivity contribution is 0.0776. The lowest BCUT2D eigenvalue weighted by atomic mass is 10.1. The van der Waals surface area contributed by atoms with Gasteiger partial charge in [-0.05, 0) is 44.4 Å². The van der Waals surface area contributed by atoms with Gasteiger partial charge in [-0.25, -0.2) is 18.4 Å². The smallest absolute Gasteiger partial charge is 0.189 e. The molecule has 0 saturated carbocycles. The first-order chi connectivity index (χ1) is 18.3. The Morgan fingerprint density at radius 3 is 2.34 bits per heavy atom.